The molecule has 1 aromatic carbocycles. The Morgan fingerprint density at radius 1 is 1.42 bits per heavy atom. The highest BCUT2D eigenvalue weighted by atomic mass is 16.5. The first kappa shape index (κ1) is 16.6. The van der Waals surface area contributed by atoms with Crippen LogP contribution >= 0.6 is 0 Å². The van der Waals surface area contributed by atoms with Gasteiger partial charge >= 0.3 is 0 Å². The van der Waals surface area contributed by atoms with Crippen LogP contribution in [0, 0.1) is 12.8 Å². The number of hydrogen-bond acceptors (Lipinski definition) is 4. The van der Waals surface area contributed by atoms with Gasteiger partial charge < -0.3 is 15.4 Å². The number of rotatable bonds is 4. The Morgan fingerprint density at radius 2 is 2.19 bits per heavy atom. The van der Waals surface area contributed by atoms with Gasteiger partial charge in [-0.15, -0.1) is 0 Å². The second-order valence-electron chi connectivity index (χ2n) is 7.28. The minimum Gasteiger partial charge on any atom is -0.466 e. The van der Waals surface area contributed by atoms with Gasteiger partial charge in [0, 0.05) is 6.07 Å². The summed E-state index contributed by atoms with van der Waals surface area (Å²) in [6.07, 6.45) is 4.00. The van der Waals surface area contributed by atoms with Crippen molar-refractivity contribution in [3.63, 3.8) is 0 Å². The summed E-state index contributed by atoms with van der Waals surface area (Å²) in [7, 11) is 0. The third-order valence-corrected chi connectivity index (χ3v) is 5.17. The number of nitrogens with zero attached hydrogens (tertiary/aromatic N) is 2. The molecule has 0 radical (unpaired) electrons. The molecule has 2 aliphatic rings. The van der Waals surface area contributed by atoms with Crippen LogP contribution in [-0.2, 0) is 9.59 Å². The number of amides is 2. The monoisotopic (exact) mass is 354 g/mol. The number of carbonyl (C=O) groups is 2. The van der Waals surface area contributed by atoms with Gasteiger partial charge in [-0.25, -0.2) is 4.68 Å². The van der Waals surface area contributed by atoms with E-state index >= 15 is 0 Å². The molecule has 1 saturated carbocycles. The molecule has 1 aromatic heterocycles. The molecule has 7 nitrogen and oxygen atoms in total. The lowest BCUT2D eigenvalue weighted by atomic mass is 10.0. The topological polar surface area (TPSA) is 85.3 Å². The number of hydrogen-bond donors (Lipinski definition) is 2. The van der Waals surface area contributed by atoms with E-state index < -0.39 is 17.4 Å². The van der Waals surface area contributed by atoms with Gasteiger partial charge in [0.15, 0.2) is 0 Å². The van der Waals surface area contributed by atoms with E-state index in [1.54, 1.807) is 23.0 Å². The molecule has 0 spiro atoms. The molecule has 2 unspecified atom stereocenters. The smallest absolute Gasteiger partial charge is 0.279 e. The summed E-state index contributed by atoms with van der Waals surface area (Å²) < 4.78 is 7.61. The Kier molecular flexibility index (Phi) is 3.75. The van der Waals surface area contributed by atoms with E-state index in [4.69, 9.17) is 4.74 Å². The van der Waals surface area contributed by atoms with Crippen molar-refractivity contribution >= 4 is 23.3 Å². The van der Waals surface area contributed by atoms with E-state index in [-0.39, 0.29) is 6.04 Å². The number of aryl methyl sites for hydroxylation is 1. The molecule has 2 atom stereocenters. The van der Waals surface area contributed by atoms with Crippen molar-refractivity contribution in [3.8, 4) is 5.75 Å². The molecule has 4 rings (SSSR count). The lowest BCUT2D eigenvalue weighted by Crippen LogP contribution is -2.56. The Balaban J connectivity index is 1.57. The summed E-state index contributed by atoms with van der Waals surface area (Å²) in [5, 5.41) is 9.91. The number of nitrogens with one attached hydrogen (secondary N) is 2. The van der Waals surface area contributed by atoms with Gasteiger partial charge in [-0.2, -0.15) is 5.10 Å². The van der Waals surface area contributed by atoms with Crippen LogP contribution in [0.15, 0.2) is 30.5 Å². The molecule has 2 aromatic rings. The van der Waals surface area contributed by atoms with Gasteiger partial charge in [-0.1, -0.05) is 6.07 Å². The molecular formula is C19H22N4O3. The summed E-state index contributed by atoms with van der Waals surface area (Å²) >= 11 is 0. The van der Waals surface area contributed by atoms with Crippen LogP contribution in [0.4, 0.5) is 11.5 Å². The van der Waals surface area contributed by atoms with E-state index in [1.807, 2.05) is 19.1 Å². The SMILES string of the molecule is Cc1ccc2c(c1)NC(=O)C(C)(C(=O)Nc1ccnn1C(C)C1CC1)O2. The van der Waals surface area contributed by atoms with Gasteiger partial charge in [-0.05, 0) is 57.2 Å². The maximum atomic E-state index is 12.9. The molecular weight excluding hydrogens is 332 g/mol. The molecule has 1 aliphatic carbocycles. The molecule has 1 fully saturated rings. The zero-order chi connectivity index (χ0) is 18.5. The van der Waals surface area contributed by atoms with Crippen molar-refractivity contribution in [1.82, 2.24) is 9.78 Å². The number of fused-ring (bicyclic) bond motifs is 1. The zero-order valence-electron chi connectivity index (χ0n) is 15.1. The summed E-state index contributed by atoms with van der Waals surface area (Å²) in [6.45, 7) is 5.49. The Hall–Kier alpha value is -2.83. The number of aromatic nitrogens is 2. The van der Waals surface area contributed by atoms with Crippen LogP contribution < -0.4 is 15.4 Å². The van der Waals surface area contributed by atoms with Crippen LogP contribution in [-0.4, -0.2) is 27.2 Å². The first-order chi connectivity index (χ1) is 12.4. The maximum Gasteiger partial charge on any atom is 0.279 e. The van der Waals surface area contributed by atoms with Gasteiger partial charge in [0.2, 0.25) is 0 Å². The molecule has 0 bridgehead atoms. The normalized spacial score (nSPS) is 22.8. The second kappa shape index (κ2) is 5.86. The number of ether oxygens (including phenoxy) is 1. The average molecular weight is 354 g/mol. The molecule has 136 valence electrons. The Morgan fingerprint density at radius 3 is 2.92 bits per heavy atom. The molecule has 1 aliphatic heterocycles. The molecule has 2 N–H and O–H groups in total. The van der Waals surface area contributed by atoms with Crippen molar-refractivity contribution in [3.05, 3.63) is 36.0 Å². The number of anilines is 2. The van der Waals surface area contributed by atoms with Crippen LogP contribution in [0.25, 0.3) is 0 Å². The zero-order valence-corrected chi connectivity index (χ0v) is 15.1. The van der Waals surface area contributed by atoms with Crippen molar-refractivity contribution in [2.24, 2.45) is 5.92 Å². The van der Waals surface area contributed by atoms with Gasteiger partial charge in [0.05, 0.1) is 17.9 Å². The Labute approximate surface area is 151 Å². The third-order valence-electron chi connectivity index (χ3n) is 5.17. The largest absolute Gasteiger partial charge is 0.466 e. The molecule has 2 amide bonds. The van der Waals surface area contributed by atoms with Gasteiger partial charge in [0.25, 0.3) is 17.4 Å². The fourth-order valence-electron chi connectivity index (χ4n) is 3.24. The predicted octanol–water partition coefficient (Wildman–Crippen LogP) is 2.89. The van der Waals surface area contributed by atoms with E-state index in [2.05, 4.69) is 22.7 Å². The number of benzene rings is 1. The standard InChI is InChI=1S/C19H22N4O3/c1-11-4-7-15-14(10-11)21-17(24)19(3,26-15)18(25)22-16-8-9-20-23(16)12(2)13-5-6-13/h4,7-10,12-13H,5-6H2,1-3H3,(H,21,24)(H,22,25). The Bertz CT molecular complexity index is 887. The summed E-state index contributed by atoms with van der Waals surface area (Å²) in [6, 6.07) is 7.39. The fourth-order valence-corrected chi connectivity index (χ4v) is 3.24. The third kappa shape index (κ3) is 2.73. The summed E-state index contributed by atoms with van der Waals surface area (Å²) in [5.41, 5.74) is -0.0773. The van der Waals surface area contributed by atoms with E-state index in [9.17, 15) is 9.59 Å². The minimum absolute atomic E-state index is 0.206. The van der Waals surface area contributed by atoms with Crippen molar-refractivity contribution in [2.45, 2.75) is 45.3 Å². The van der Waals surface area contributed by atoms with Crippen LogP contribution in [0.3, 0.4) is 0 Å². The quantitative estimate of drug-likeness (QED) is 0.827. The van der Waals surface area contributed by atoms with Crippen LogP contribution in [0.1, 0.15) is 38.3 Å². The van der Waals surface area contributed by atoms with E-state index in [0.29, 0.717) is 23.2 Å². The lowest BCUT2D eigenvalue weighted by Gasteiger charge is -2.33. The number of carbonyl (C=O) groups excluding carboxylic acids is 2. The minimum atomic E-state index is -1.65. The first-order valence-electron chi connectivity index (χ1n) is 8.84. The molecule has 7 heteroatoms. The van der Waals surface area contributed by atoms with Crippen molar-refractivity contribution in [1.29, 1.82) is 0 Å². The van der Waals surface area contributed by atoms with Crippen LogP contribution in [0.2, 0.25) is 0 Å². The van der Waals surface area contributed by atoms with Crippen LogP contribution in [0.5, 0.6) is 5.75 Å². The molecule has 26 heavy (non-hydrogen) atoms. The predicted molar refractivity (Wildman–Crippen MR) is 97.1 cm³/mol. The first-order valence-corrected chi connectivity index (χ1v) is 8.84. The average Bonchev–Trinajstić information content (AvgIpc) is 3.35. The maximum absolute atomic E-state index is 12.9. The highest BCUT2D eigenvalue weighted by molar-refractivity contribution is 6.18. The van der Waals surface area contributed by atoms with Gasteiger partial charge in [0.1, 0.15) is 11.6 Å². The molecule has 0 saturated heterocycles. The summed E-state index contributed by atoms with van der Waals surface area (Å²) in [5.74, 6) is 0.625. The fraction of sp³-hybridized carbons (Fsp3) is 0.421. The highest BCUT2D eigenvalue weighted by Gasteiger charge is 2.47. The second-order valence-corrected chi connectivity index (χ2v) is 7.28. The van der Waals surface area contributed by atoms with Crippen molar-refractivity contribution < 1.29 is 14.3 Å². The van der Waals surface area contributed by atoms with E-state index in [1.165, 1.54) is 19.8 Å². The highest BCUT2D eigenvalue weighted by Crippen LogP contribution is 2.40. The van der Waals surface area contributed by atoms with Crippen molar-refractivity contribution in [2.75, 3.05) is 10.6 Å². The van der Waals surface area contributed by atoms with Gasteiger partial charge in [-0.3, -0.25) is 9.59 Å². The van der Waals surface area contributed by atoms with E-state index in [0.717, 1.165) is 5.56 Å². The lowest BCUT2D eigenvalue weighted by molar-refractivity contribution is -0.143. The molecule has 2 heterocycles. The summed E-state index contributed by atoms with van der Waals surface area (Å²) in [4.78, 5) is 25.5.